The summed E-state index contributed by atoms with van der Waals surface area (Å²) >= 11 is 5.92. The van der Waals surface area contributed by atoms with Crippen LogP contribution in [0.2, 0.25) is 5.02 Å². The van der Waals surface area contributed by atoms with Crippen LogP contribution in [0.5, 0.6) is 0 Å². The summed E-state index contributed by atoms with van der Waals surface area (Å²) in [5.41, 5.74) is 1.82. The Balaban J connectivity index is 1.77. The molecule has 3 rings (SSSR count). The zero-order chi connectivity index (χ0) is 18.7. The molecule has 0 spiro atoms. The number of carbonyl (C=O) groups excluding carboxylic acids is 1. The number of benzene rings is 2. The van der Waals surface area contributed by atoms with Gasteiger partial charge in [-0.15, -0.1) is 0 Å². The summed E-state index contributed by atoms with van der Waals surface area (Å²) in [5, 5.41) is 6.06. The molecule has 26 heavy (non-hydrogen) atoms. The summed E-state index contributed by atoms with van der Waals surface area (Å²) in [4.78, 5) is 20.5. The van der Waals surface area contributed by atoms with E-state index < -0.39 is 17.5 Å². The first-order valence-corrected chi connectivity index (χ1v) is 7.93. The second kappa shape index (κ2) is 7.45. The summed E-state index contributed by atoms with van der Waals surface area (Å²) < 4.78 is 26.2. The standard InChI is InChI=1S/C18H13ClF2N4O/c1-10-8-11(19)2-5-15(10)24-18-22-7-6-16(25-18)17(26)23-12-3-4-13(20)14(21)9-12/h2-9H,1H3,(H,23,26)(H,22,24,25). The van der Waals surface area contributed by atoms with Crippen LogP contribution in [0.25, 0.3) is 0 Å². The molecule has 2 aromatic carbocycles. The van der Waals surface area contributed by atoms with E-state index in [2.05, 4.69) is 20.6 Å². The predicted molar refractivity (Wildman–Crippen MR) is 95.8 cm³/mol. The molecule has 0 bridgehead atoms. The quantitative estimate of drug-likeness (QED) is 0.694. The van der Waals surface area contributed by atoms with Gasteiger partial charge < -0.3 is 10.6 Å². The minimum absolute atomic E-state index is 0.0684. The lowest BCUT2D eigenvalue weighted by atomic mass is 10.2. The molecular weight excluding hydrogens is 362 g/mol. The highest BCUT2D eigenvalue weighted by Gasteiger charge is 2.11. The van der Waals surface area contributed by atoms with Gasteiger partial charge in [0.1, 0.15) is 5.69 Å². The second-order valence-electron chi connectivity index (χ2n) is 5.43. The third-order valence-electron chi connectivity index (χ3n) is 3.50. The van der Waals surface area contributed by atoms with E-state index >= 15 is 0 Å². The van der Waals surface area contributed by atoms with Gasteiger partial charge in [0.25, 0.3) is 5.91 Å². The summed E-state index contributed by atoms with van der Waals surface area (Å²) in [6, 6.07) is 9.77. The molecule has 0 aliphatic carbocycles. The number of halogens is 3. The Morgan fingerprint density at radius 3 is 2.62 bits per heavy atom. The first-order chi connectivity index (χ1) is 12.4. The van der Waals surface area contributed by atoms with Crippen molar-refractivity contribution in [3.05, 3.63) is 76.6 Å². The molecule has 0 atom stereocenters. The van der Waals surface area contributed by atoms with Gasteiger partial charge in [-0.1, -0.05) is 11.6 Å². The van der Waals surface area contributed by atoms with Crippen LogP contribution in [0.1, 0.15) is 16.1 Å². The van der Waals surface area contributed by atoms with Crippen LogP contribution >= 0.6 is 11.6 Å². The molecule has 8 heteroatoms. The van der Waals surface area contributed by atoms with Crippen molar-refractivity contribution in [1.29, 1.82) is 0 Å². The van der Waals surface area contributed by atoms with E-state index in [0.29, 0.717) is 5.02 Å². The van der Waals surface area contributed by atoms with E-state index in [-0.39, 0.29) is 17.3 Å². The lowest BCUT2D eigenvalue weighted by Gasteiger charge is -2.10. The van der Waals surface area contributed by atoms with Gasteiger partial charge in [0, 0.05) is 28.7 Å². The maximum absolute atomic E-state index is 13.2. The van der Waals surface area contributed by atoms with Crippen molar-refractivity contribution < 1.29 is 13.6 Å². The van der Waals surface area contributed by atoms with Crippen molar-refractivity contribution in [3.63, 3.8) is 0 Å². The number of rotatable bonds is 4. The van der Waals surface area contributed by atoms with Crippen LogP contribution in [0.15, 0.2) is 48.7 Å². The fraction of sp³-hybridized carbons (Fsp3) is 0.0556. The zero-order valence-corrected chi connectivity index (χ0v) is 14.3. The molecular formula is C18H13ClF2N4O. The minimum atomic E-state index is -1.05. The van der Waals surface area contributed by atoms with Gasteiger partial charge in [-0.05, 0) is 48.9 Å². The maximum atomic E-state index is 13.2. The van der Waals surface area contributed by atoms with Crippen LogP contribution < -0.4 is 10.6 Å². The van der Waals surface area contributed by atoms with Gasteiger partial charge in [-0.3, -0.25) is 4.79 Å². The largest absolute Gasteiger partial charge is 0.324 e. The van der Waals surface area contributed by atoms with Gasteiger partial charge in [0.2, 0.25) is 5.95 Å². The number of nitrogens with zero attached hydrogens (tertiary/aromatic N) is 2. The number of hydrogen-bond acceptors (Lipinski definition) is 4. The highest BCUT2D eigenvalue weighted by atomic mass is 35.5. The van der Waals surface area contributed by atoms with Crippen molar-refractivity contribution in [2.45, 2.75) is 6.92 Å². The minimum Gasteiger partial charge on any atom is -0.324 e. The molecule has 0 fully saturated rings. The third kappa shape index (κ3) is 4.12. The Morgan fingerprint density at radius 2 is 1.88 bits per heavy atom. The van der Waals surface area contributed by atoms with Crippen LogP contribution in [0, 0.1) is 18.6 Å². The molecule has 1 heterocycles. The second-order valence-corrected chi connectivity index (χ2v) is 5.87. The highest BCUT2D eigenvalue weighted by Crippen LogP contribution is 2.22. The average molecular weight is 375 g/mol. The summed E-state index contributed by atoms with van der Waals surface area (Å²) in [5.74, 6) is -2.40. The van der Waals surface area contributed by atoms with Crippen LogP contribution in [-0.4, -0.2) is 15.9 Å². The molecule has 1 aromatic heterocycles. The van der Waals surface area contributed by atoms with E-state index in [9.17, 15) is 13.6 Å². The number of nitrogens with one attached hydrogen (secondary N) is 2. The Hall–Kier alpha value is -3.06. The summed E-state index contributed by atoms with van der Waals surface area (Å²) in [6.07, 6.45) is 1.42. The molecule has 0 aliphatic heterocycles. The van der Waals surface area contributed by atoms with E-state index in [0.717, 1.165) is 23.4 Å². The molecule has 0 aliphatic rings. The van der Waals surface area contributed by atoms with Crippen molar-refractivity contribution in [2.24, 2.45) is 0 Å². The van der Waals surface area contributed by atoms with Gasteiger partial charge in [-0.25, -0.2) is 18.7 Å². The Kier molecular flexibility index (Phi) is 5.09. The molecule has 0 saturated heterocycles. The first-order valence-electron chi connectivity index (χ1n) is 7.55. The van der Waals surface area contributed by atoms with Crippen LogP contribution in [0.3, 0.4) is 0 Å². The normalized spacial score (nSPS) is 10.5. The van der Waals surface area contributed by atoms with Crippen molar-refractivity contribution in [2.75, 3.05) is 10.6 Å². The molecule has 3 aromatic rings. The highest BCUT2D eigenvalue weighted by molar-refractivity contribution is 6.30. The monoisotopic (exact) mass is 374 g/mol. The number of aryl methyl sites for hydroxylation is 1. The Labute approximate surface area is 153 Å². The zero-order valence-electron chi connectivity index (χ0n) is 13.6. The van der Waals surface area contributed by atoms with E-state index in [4.69, 9.17) is 11.6 Å². The number of anilines is 3. The van der Waals surface area contributed by atoms with Gasteiger partial charge in [0.15, 0.2) is 11.6 Å². The number of carbonyl (C=O) groups is 1. The lowest BCUT2D eigenvalue weighted by Crippen LogP contribution is -2.15. The lowest BCUT2D eigenvalue weighted by molar-refractivity contribution is 0.102. The van der Waals surface area contributed by atoms with E-state index in [1.807, 2.05) is 6.92 Å². The van der Waals surface area contributed by atoms with Crippen LogP contribution in [0.4, 0.5) is 26.1 Å². The van der Waals surface area contributed by atoms with Gasteiger partial charge in [-0.2, -0.15) is 0 Å². The van der Waals surface area contributed by atoms with Crippen molar-refractivity contribution >= 4 is 34.8 Å². The molecule has 132 valence electrons. The van der Waals surface area contributed by atoms with Gasteiger partial charge >= 0.3 is 0 Å². The van der Waals surface area contributed by atoms with E-state index in [1.54, 1.807) is 18.2 Å². The Bertz CT molecular complexity index is 981. The van der Waals surface area contributed by atoms with Crippen molar-refractivity contribution in [3.8, 4) is 0 Å². The smallest absolute Gasteiger partial charge is 0.274 e. The third-order valence-corrected chi connectivity index (χ3v) is 3.74. The SMILES string of the molecule is Cc1cc(Cl)ccc1Nc1nccc(C(=O)Nc2ccc(F)c(F)c2)n1. The fourth-order valence-electron chi connectivity index (χ4n) is 2.20. The Morgan fingerprint density at radius 1 is 1.08 bits per heavy atom. The summed E-state index contributed by atoms with van der Waals surface area (Å²) in [7, 11) is 0. The molecule has 0 unspecified atom stereocenters. The van der Waals surface area contributed by atoms with Gasteiger partial charge in [0.05, 0.1) is 0 Å². The van der Waals surface area contributed by atoms with Crippen molar-refractivity contribution in [1.82, 2.24) is 9.97 Å². The number of hydrogen-bond donors (Lipinski definition) is 2. The molecule has 0 saturated carbocycles. The molecule has 2 N–H and O–H groups in total. The maximum Gasteiger partial charge on any atom is 0.274 e. The topological polar surface area (TPSA) is 66.9 Å². The van der Waals surface area contributed by atoms with E-state index in [1.165, 1.54) is 18.3 Å². The number of aromatic nitrogens is 2. The fourth-order valence-corrected chi connectivity index (χ4v) is 2.43. The molecule has 5 nitrogen and oxygen atoms in total. The first kappa shape index (κ1) is 17.8. The molecule has 1 amide bonds. The summed E-state index contributed by atoms with van der Waals surface area (Å²) in [6.45, 7) is 1.87. The average Bonchev–Trinajstić information content (AvgIpc) is 2.61. The van der Waals surface area contributed by atoms with Crippen LogP contribution in [-0.2, 0) is 0 Å². The molecule has 0 radical (unpaired) electrons. The predicted octanol–water partition coefficient (Wildman–Crippen LogP) is 4.71. The number of amides is 1.